The zero-order chi connectivity index (χ0) is 24.8. The topological polar surface area (TPSA) is 89.6 Å². The maximum Gasteiger partial charge on any atom is 0.573 e. The minimum atomic E-state index is -4.85. The Morgan fingerprint density at radius 1 is 1.15 bits per heavy atom. The van der Waals surface area contributed by atoms with Gasteiger partial charge in [-0.3, -0.25) is 4.79 Å². The van der Waals surface area contributed by atoms with E-state index >= 15 is 0 Å². The van der Waals surface area contributed by atoms with E-state index in [0.29, 0.717) is 24.8 Å². The van der Waals surface area contributed by atoms with E-state index < -0.39 is 35.5 Å². The van der Waals surface area contributed by atoms with Crippen molar-refractivity contribution in [2.75, 3.05) is 6.54 Å². The first-order valence-electron chi connectivity index (χ1n) is 10.4. The Morgan fingerprint density at radius 2 is 1.88 bits per heavy atom. The molecule has 1 aliphatic rings. The lowest BCUT2D eigenvalue weighted by Crippen LogP contribution is -2.48. The van der Waals surface area contributed by atoms with Crippen molar-refractivity contribution in [1.82, 2.24) is 15.6 Å². The predicted octanol–water partition coefficient (Wildman–Crippen LogP) is 5.13. The molecule has 184 valence electrons. The van der Waals surface area contributed by atoms with Gasteiger partial charge in [-0.1, -0.05) is 30.5 Å². The number of rotatable bonds is 8. The average molecular weight is 504 g/mol. The van der Waals surface area contributed by atoms with Gasteiger partial charge in [0.2, 0.25) is 0 Å². The summed E-state index contributed by atoms with van der Waals surface area (Å²) >= 11 is 5.62. The van der Waals surface area contributed by atoms with Crippen LogP contribution in [0, 0.1) is 5.82 Å². The van der Waals surface area contributed by atoms with Crippen LogP contribution >= 0.6 is 11.6 Å². The third-order valence-corrected chi connectivity index (χ3v) is 5.68. The number of aromatic nitrogens is 1. The molecule has 12 heteroatoms. The summed E-state index contributed by atoms with van der Waals surface area (Å²) in [7, 11) is 0. The SMILES string of the molecule is O=C(NCCC1(NC(=O)c2ccc(OC(F)(F)F)cn2)CCCC1)OCc1ccc(Cl)c(F)c1. The van der Waals surface area contributed by atoms with Gasteiger partial charge in [0, 0.05) is 12.1 Å². The third-order valence-electron chi connectivity index (χ3n) is 5.37. The molecule has 0 bridgehead atoms. The number of nitrogens with zero attached hydrogens (tertiary/aromatic N) is 1. The highest BCUT2D eigenvalue weighted by atomic mass is 35.5. The quantitative estimate of drug-likeness (QED) is 0.487. The van der Waals surface area contributed by atoms with Crippen LogP contribution in [-0.2, 0) is 11.3 Å². The molecule has 1 saturated carbocycles. The van der Waals surface area contributed by atoms with Gasteiger partial charge >= 0.3 is 12.5 Å². The molecule has 0 aliphatic heterocycles. The fourth-order valence-corrected chi connectivity index (χ4v) is 3.85. The predicted molar refractivity (Wildman–Crippen MR) is 114 cm³/mol. The van der Waals surface area contributed by atoms with Crippen molar-refractivity contribution >= 4 is 23.6 Å². The molecule has 0 unspecified atom stereocenters. The van der Waals surface area contributed by atoms with E-state index in [1.165, 1.54) is 18.2 Å². The lowest BCUT2D eigenvalue weighted by molar-refractivity contribution is -0.274. The van der Waals surface area contributed by atoms with Crippen LogP contribution in [0.4, 0.5) is 22.4 Å². The molecule has 2 aromatic rings. The van der Waals surface area contributed by atoms with Crippen molar-refractivity contribution in [2.45, 2.75) is 50.6 Å². The Kier molecular flexibility index (Phi) is 8.19. The molecule has 1 aromatic heterocycles. The largest absolute Gasteiger partial charge is 0.573 e. The summed E-state index contributed by atoms with van der Waals surface area (Å²) in [5.74, 6) is -1.67. The summed E-state index contributed by atoms with van der Waals surface area (Å²) in [5.41, 5.74) is -0.203. The van der Waals surface area contributed by atoms with Gasteiger partial charge in [-0.2, -0.15) is 0 Å². The Labute approximate surface area is 197 Å². The standard InChI is InChI=1S/C22H22ClF4N3O4/c23-16-5-3-14(11-17(16)24)13-33-20(32)28-10-9-21(7-1-2-8-21)30-19(31)18-6-4-15(12-29-18)34-22(25,26)27/h3-6,11-12H,1-2,7-10,13H2,(H,28,32)(H,30,31). The van der Waals surface area contributed by atoms with Crippen molar-refractivity contribution in [3.8, 4) is 5.75 Å². The highest BCUT2D eigenvalue weighted by Crippen LogP contribution is 2.32. The van der Waals surface area contributed by atoms with Crippen molar-refractivity contribution in [2.24, 2.45) is 0 Å². The smallest absolute Gasteiger partial charge is 0.445 e. The fourth-order valence-electron chi connectivity index (χ4n) is 3.74. The first-order chi connectivity index (χ1) is 16.1. The van der Waals surface area contributed by atoms with E-state index in [0.717, 1.165) is 31.2 Å². The van der Waals surface area contributed by atoms with Crippen LogP contribution in [0.15, 0.2) is 36.5 Å². The molecule has 0 radical (unpaired) electrons. The molecule has 0 saturated heterocycles. The summed E-state index contributed by atoms with van der Waals surface area (Å²) in [6, 6.07) is 6.24. The molecule has 7 nitrogen and oxygen atoms in total. The van der Waals surface area contributed by atoms with E-state index in [1.54, 1.807) is 0 Å². The van der Waals surface area contributed by atoms with Gasteiger partial charge in [-0.15, -0.1) is 13.2 Å². The molecule has 1 aromatic carbocycles. The molecular formula is C22H22ClF4N3O4. The van der Waals surface area contributed by atoms with Crippen molar-refractivity contribution in [3.05, 3.63) is 58.6 Å². The molecule has 2 N–H and O–H groups in total. The maximum absolute atomic E-state index is 13.5. The zero-order valence-corrected chi connectivity index (χ0v) is 18.6. The van der Waals surface area contributed by atoms with Crippen molar-refractivity contribution in [3.63, 3.8) is 0 Å². The first kappa shape index (κ1) is 25.5. The number of nitrogens with one attached hydrogen (secondary N) is 2. The minimum absolute atomic E-state index is 0.0297. The van der Waals surface area contributed by atoms with E-state index in [1.807, 2.05) is 0 Å². The number of benzene rings is 1. The molecule has 1 fully saturated rings. The molecular weight excluding hydrogens is 482 g/mol. The highest BCUT2D eigenvalue weighted by molar-refractivity contribution is 6.30. The van der Waals surface area contributed by atoms with Crippen LogP contribution in [0.25, 0.3) is 0 Å². The number of carbonyl (C=O) groups is 2. The van der Waals surface area contributed by atoms with Gasteiger partial charge in [0.1, 0.15) is 23.9 Å². The number of alkyl halides is 3. The number of halogens is 5. The van der Waals surface area contributed by atoms with Gasteiger partial charge in [0.15, 0.2) is 0 Å². The summed E-state index contributed by atoms with van der Waals surface area (Å²) in [4.78, 5) is 28.3. The molecule has 1 heterocycles. The molecule has 2 amide bonds. The third kappa shape index (κ3) is 7.47. The second-order valence-electron chi connectivity index (χ2n) is 7.87. The van der Waals surface area contributed by atoms with Crippen LogP contribution in [-0.4, -0.2) is 35.4 Å². The van der Waals surface area contributed by atoms with Gasteiger partial charge in [-0.25, -0.2) is 14.2 Å². The average Bonchev–Trinajstić information content (AvgIpc) is 3.22. The van der Waals surface area contributed by atoms with Gasteiger partial charge in [0.25, 0.3) is 5.91 Å². The lowest BCUT2D eigenvalue weighted by atomic mass is 9.93. The number of ether oxygens (including phenoxy) is 2. The van der Waals surface area contributed by atoms with Gasteiger partial charge in [-0.05, 0) is 49.1 Å². The van der Waals surface area contributed by atoms with E-state index in [2.05, 4.69) is 20.4 Å². The van der Waals surface area contributed by atoms with E-state index in [4.69, 9.17) is 16.3 Å². The van der Waals surface area contributed by atoms with Crippen LogP contribution in [0.2, 0.25) is 5.02 Å². The number of alkyl carbamates (subject to hydrolysis) is 1. The number of hydrogen-bond donors (Lipinski definition) is 2. The molecule has 34 heavy (non-hydrogen) atoms. The minimum Gasteiger partial charge on any atom is -0.445 e. The Hall–Kier alpha value is -3.08. The van der Waals surface area contributed by atoms with E-state index in [-0.39, 0.29) is 23.9 Å². The van der Waals surface area contributed by atoms with Crippen LogP contribution in [0.3, 0.4) is 0 Å². The Bertz CT molecular complexity index is 1010. The number of pyridine rings is 1. The van der Waals surface area contributed by atoms with Gasteiger partial charge in [0.05, 0.1) is 11.2 Å². The zero-order valence-electron chi connectivity index (χ0n) is 17.9. The summed E-state index contributed by atoms with van der Waals surface area (Å²) in [6.07, 6.45) is -1.21. The summed E-state index contributed by atoms with van der Waals surface area (Å²) in [5, 5.41) is 5.48. The molecule has 1 aliphatic carbocycles. The first-order valence-corrected chi connectivity index (χ1v) is 10.8. The van der Waals surface area contributed by atoms with Gasteiger partial charge < -0.3 is 20.1 Å². The Morgan fingerprint density at radius 3 is 2.50 bits per heavy atom. The number of hydrogen-bond acceptors (Lipinski definition) is 5. The summed E-state index contributed by atoms with van der Waals surface area (Å²) in [6.45, 7) is 0.0708. The number of amides is 2. The summed E-state index contributed by atoms with van der Waals surface area (Å²) < 4.78 is 59.1. The maximum atomic E-state index is 13.5. The van der Waals surface area contributed by atoms with Crippen LogP contribution in [0.5, 0.6) is 5.75 Å². The van der Waals surface area contributed by atoms with Crippen LogP contribution < -0.4 is 15.4 Å². The normalized spacial score (nSPS) is 15.0. The molecule has 0 atom stereocenters. The van der Waals surface area contributed by atoms with Crippen LogP contribution in [0.1, 0.15) is 48.2 Å². The lowest BCUT2D eigenvalue weighted by Gasteiger charge is -2.30. The molecule has 3 rings (SSSR count). The molecule has 0 spiro atoms. The monoisotopic (exact) mass is 503 g/mol. The van der Waals surface area contributed by atoms with E-state index in [9.17, 15) is 27.2 Å². The number of carbonyl (C=O) groups excluding carboxylic acids is 2. The van der Waals surface area contributed by atoms with Crippen molar-refractivity contribution < 1.29 is 36.6 Å². The second-order valence-corrected chi connectivity index (χ2v) is 8.28. The second kappa shape index (κ2) is 10.9. The highest BCUT2D eigenvalue weighted by Gasteiger charge is 2.36. The fraction of sp³-hybridized carbons (Fsp3) is 0.409. The van der Waals surface area contributed by atoms with Crippen molar-refractivity contribution in [1.29, 1.82) is 0 Å². The Balaban J connectivity index is 1.49.